The molecule has 1 aliphatic rings. The summed E-state index contributed by atoms with van der Waals surface area (Å²) in [7, 11) is 0. The van der Waals surface area contributed by atoms with Crippen molar-refractivity contribution in [3.63, 3.8) is 0 Å². The molecule has 0 unspecified atom stereocenters. The van der Waals surface area contributed by atoms with Crippen molar-refractivity contribution in [1.82, 2.24) is 0 Å². The molecule has 1 nitrogen and oxygen atoms in total. The van der Waals surface area contributed by atoms with Crippen molar-refractivity contribution < 1.29 is 31.1 Å². The predicted octanol–water partition coefficient (Wildman–Crippen LogP) is 4.22. The third-order valence-corrected chi connectivity index (χ3v) is 3.12. The molecule has 0 aliphatic heterocycles. The topological polar surface area (TPSA) is 9.23 Å². The summed E-state index contributed by atoms with van der Waals surface area (Å²) in [5.41, 5.74) is -1.27. The molecule has 1 fully saturated rings. The molecule has 0 aromatic carbocycles. The van der Waals surface area contributed by atoms with Crippen LogP contribution in [0.25, 0.3) is 0 Å². The van der Waals surface area contributed by atoms with E-state index in [1.54, 1.807) is 6.92 Å². The summed E-state index contributed by atoms with van der Waals surface area (Å²) in [4.78, 5) is 0. The van der Waals surface area contributed by atoms with E-state index in [-0.39, 0.29) is 19.3 Å². The Kier molecular flexibility index (Phi) is 4.01. The zero-order valence-corrected chi connectivity index (χ0v) is 9.29. The Bertz CT molecular complexity index is 237. The molecule has 0 radical (unpaired) electrons. The van der Waals surface area contributed by atoms with Crippen LogP contribution in [-0.4, -0.2) is 24.1 Å². The first-order valence-electron chi connectivity index (χ1n) is 5.42. The van der Waals surface area contributed by atoms with Gasteiger partial charge in [-0.05, 0) is 19.3 Å². The summed E-state index contributed by atoms with van der Waals surface area (Å²) in [6, 6.07) is 0. The molecule has 0 spiro atoms. The third-order valence-electron chi connectivity index (χ3n) is 3.12. The van der Waals surface area contributed by atoms with Crippen LogP contribution in [0.15, 0.2) is 0 Å². The van der Waals surface area contributed by atoms with Gasteiger partial charge in [-0.2, -0.15) is 26.3 Å². The van der Waals surface area contributed by atoms with E-state index in [9.17, 15) is 26.3 Å². The van der Waals surface area contributed by atoms with Gasteiger partial charge in [-0.25, -0.2) is 0 Å². The molecular weight excluding hydrogens is 250 g/mol. The van der Waals surface area contributed by atoms with Gasteiger partial charge >= 0.3 is 12.4 Å². The second-order valence-electron chi connectivity index (χ2n) is 4.32. The molecule has 0 saturated heterocycles. The van der Waals surface area contributed by atoms with Crippen LogP contribution in [-0.2, 0) is 4.74 Å². The molecule has 7 heteroatoms. The summed E-state index contributed by atoms with van der Waals surface area (Å²) < 4.78 is 78.4. The van der Waals surface area contributed by atoms with E-state index >= 15 is 0 Å². The highest BCUT2D eigenvalue weighted by Crippen LogP contribution is 2.44. The number of hydrogen-bond donors (Lipinski definition) is 0. The van der Waals surface area contributed by atoms with Crippen LogP contribution in [0.5, 0.6) is 0 Å². The standard InChI is InChI=1S/C10H14F6O/c1-2-8(5-3-4-6-8)17-7(9(11,12)13)10(14,15)16/h7H,2-6H2,1H3. The Morgan fingerprint density at radius 2 is 1.41 bits per heavy atom. The average molecular weight is 264 g/mol. The van der Waals surface area contributed by atoms with Crippen LogP contribution in [0.2, 0.25) is 0 Å². The van der Waals surface area contributed by atoms with Crippen molar-refractivity contribution >= 4 is 0 Å². The van der Waals surface area contributed by atoms with Crippen LogP contribution in [0.4, 0.5) is 26.3 Å². The van der Waals surface area contributed by atoms with Crippen molar-refractivity contribution in [2.75, 3.05) is 0 Å². The second kappa shape index (κ2) is 4.66. The molecule has 0 amide bonds. The summed E-state index contributed by atoms with van der Waals surface area (Å²) in [5.74, 6) is 0. The molecule has 0 atom stereocenters. The first-order valence-corrected chi connectivity index (χ1v) is 5.42. The van der Waals surface area contributed by atoms with Crippen molar-refractivity contribution in [2.24, 2.45) is 0 Å². The second-order valence-corrected chi connectivity index (χ2v) is 4.32. The number of rotatable bonds is 3. The highest BCUT2D eigenvalue weighted by Gasteiger charge is 2.60. The van der Waals surface area contributed by atoms with Crippen LogP contribution in [0.3, 0.4) is 0 Å². The molecule has 17 heavy (non-hydrogen) atoms. The van der Waals surface area contributed by atoms with E-state index in [1.807, 2.05) is 0 Å². The molecule has 1 rings (SSSR count). The quantitative estimate of drug-likeness (QED) is 0.693. The van der Waals surface area contributed by atoms with Crippen LogP contribution in [0, 0.1) is 0 Å². The van der Waals surface area contributed by atoms with Gasteiger partial charge in [0.25, 0.3) is 0 Å². The lowest BCUT2D eigenvalue weighted by Gasteiger charge is -2.34. The Morgan fingerprint density at radius 1 is 1.00 bits per heavy atom. The first kappa shape index (κ1) is 14.6. The minimum Gasteiger partial charge on any atom is -0.354 e. The highest BCUT2D eigenvalue weighted by atomic mass is 19.4. The SMILES string of the molecule is CCC1(OC(C(F)(F)F)C(F)(F)F)CCCC1. The predicted molar refractivity (Wildman–Crippen MR) is 48.5 cm³/mol. The Balaban J connectivity index is 2.86. The minimum absolute atomic E-state index is 0.162. The highest BCUT2D eigenvalue weighted by molar-refractivity contribution is 4.89. The van der Waals surface area contributed by atoms with Crippen LogP contribution < -0.4 is 0 Å². The van der Waals surface area contributed by atoms with E-state index < -0.39 is 24.1 Å². The van der Waals surface area contributed by atoms with Gasteiger partial charge in [0.05, 0.1) is 5.60 Å². The van der Waals surface area contributed by atoms with E-state index in [4.69, 9.17) is 0 Å². The van der Waals surface area contributed by atoms with Crippen LogP contribution >= 0.6 is 0 Å². The smallest absolute Gasteiger partial charge is 0.354 e. The van der Waals surface area contributed by atoms with Gasteiger partial charge < -0.3 is 4.74 Å². The molecule has 1 aliphatic carbocycles. The monoisotopic (exact) mass is 264 g/mol. The van der Waals surface area contributed by atoms with Gasteiger partial charge in [0.2, 0.25) is 6.10 Å². The molecule has 102 valence electrons. The fourth-order valence-electron chi connectivity index (χ4n) is 2.14. The Labute approximate surface area is 95.1 Å². The zero-order chi connectivity index (χ0) is 13.3. The molecule has 1 saturated carbocycles. The molecule has 0 aromatic rings. The largest absolute Gasteiger partial charge is 0.423 e. The minimum atomic E-state index is -5.41. The van der Waals surface area contributed by atoms with Gasteiger partial charge in [0.15, 0.2) is 0 Å². The number of ether oxygens (including phenoxy) is 1. The van der Waals surface area contributed by atoms with E-state index in [1.165, 1.54) is 0 Å². The van der Waals surface area contributed by atoms with E-state index in [0.29, 0.717) is 12.8 Å². The lowest BCUT2D eigenvalue weighted by molar-refractivity contribution is -0.344. The lowest BCUT2D eigenvalue weighted by Crippen LogP contribution is -2.49. The summed E-state index contributed by atoms with van der Waals surface area (Å²) in [6.07, 6.45) is -12.6. The summed E-state index contributed by atoms with van der Waals surface area (Å²) in [5, 5.41) is 0. The molecule has 0 N–H and O–H groups in total. The van der Waals surface area contributed by atoms with Crippen molar-refractivity contribution in [1.29, 1.82) is 0 Å². The average Bonchev–Trinajstić information content (AvgIpc) is 2.60. The normalized spacial score (nSPS) is 21.2. The lowest BCUT2D eigenvalue weighted by atomic mass is 9.98. The molecular formula is C10H14F6O. The van der Waals surface area contributed by atoms with Crippen molar-refractivity contribution in [3.05, 3.63) is 0 Å². The van der Waals surface area contributed by atoms with Gasteiger partial charge in [-0.3, -0.25) is 0 Å². The van der Waals surface area contributed by atoms with Gasteiger partial charge in [-0.1, -0.05) is 19.8 Å². The van der Waals surface area contributed by atoms with Crippen LogP contribution in [0.1, 0.15) is 39.0 Å². The molecule has 0 heterocycles. The summed E-state index contributed by atoms with van der Waals surface area (Å²) in [6.45, 7) is 1.55. The van der Waals surface area contributed by atoms with Gasteiger partial charge in [0, 0.05) is 0 Å². The maximum atomic E-state index is 12.3. The summed E-state index contributed by atoms with van der Waals surface area (Å²) >= 11 is 0. The molecule has 0 bridgehead atoms. The van der Waals surface area contributed by atoms with Gasteiger partial charge in [-0.15, -0.1) is 0 Å². The third kappa shape index (κ3) is 3.50. The van der Waals surface area contributed by atoms with Crippen molar-refractivity contribution in [3.8, 4) is 0 Å². The number of alkyl halides is 6. The van der Waals surface area contributed by atoms with E-state index in [0.717, 1.165) is 0 Å². The molecule has 0 aromatic heterocycles. The maximum absolute atomic E-state index is 12.3. The zero-order valence-electron chi connectivity index (χ0n) is 9.29. The van der Waals surface area contributed by atoms with Crippen molar-refractivity contribution in [2.45, 2.75) is 63.1 Å². The van der Waals surface area contributed by atoms with E-state index in [2.05, 4.69) is 4.74 Å². The number of halogens is 6. The Hall–Kier alpha value is -0.460. The maximum Gasteiger partial charge on any atom is 0.423 e. The van der Waals surface area contributed by atoms with Gasteiger partial charge in [0.1, 0.15) is 0 Å². The number of hydrogen-bond acceptors (Lipinski definition) is 1. The fourth-order valence-corrected chi connectivity index (χ4v) is 2.14. The fraction of sp³-hybridized carbons (Fsp3) is 1.00. The first-order chi connectivity index (χ1) is 7.61. The Morgan fingerprint density at radius 3 is 1.71 bits per heavy atom.